The summed E-state index contributed by atoms with van der Waals surface area (Å²) in [6.45, 7) is 1.85. The molecule has 0 bridgehead atoms. The van der Waals surface area contributed by atoms with Crippen molar-refractivity contribution in [2.75, 3.05) is 5.88 Å². The normalized spacial score (nSPS) is 38.5. The lowest BCUT2D eigenvalue weighted by Gasteiger charge is -2.42. The first-order valence-electron chi connectivity index (χ1n) is 5.42. The molecule has 0 unspecified atom stereocenters. The van der Waals surface area contributed by atoms with Crippen LogP contribution in [0, 0.1) is 0 Å². The minimum atomic E-state index is -0.647. The van der Waals surface area contributed by atoms with Crippen molar-refractivity contribution in [2.45, 2.75) is 44.2 Å². The van der Waals surface area contributed by atoms with Crippen LogP contribution in [0.3, 0.4) is 0 Å². The molecule has 1 heterocycles. The molecule has 2 rings (SSSR count). The molecule has 4 nitrogen and oxygen atoms in total. The molecular weight excluding hydrogens is 232 g/mol. The lowest BCUT2D eigenvalue weighted by atomic mass is 9.88. The smallest absolute Gasteiger partial charge is 0.191 e. The lowest BCUT2D eigenvalue weighted by molar-refractivity contribution is -0.476. The summed E-state index contributed by atoms with van der Waals surface area (Å²) in [5, 5.41) is 0. The van der Waals surface area contributed by atoms with Crippen molar-refractivity contribution in [3.8, 4) is 0 Å². The Bertz CT molecular complexity index is 304. The van der Waals surface area contributed by atoms with Crippen molar-refractivity contribution < 1.29 is 19.3 Å². The van der Waals surface area contributed by atoms with Crippen molar-refractivity contribution >= 4 is 17.4 Å². The van der Waals surface area contributed by atoms with Gasteiger partial charge in [-0.15, -0.1) is 11.6 Å². The summed E-state index contributed by atoms with van der Waals surface area (Å²) < 4.78 is 5.69. The standard InChI is InChI=1S/C11H15ClO4/c1-11-5-4-8(13)7-9(11)14-10(15-16-11)3-2-6-12/h4-5,9-10H,2-3,6-7H2,1H3/t9-,10-,11+/m0/s1. The van der Waals surface area contributed by atoms with E-state index in [9.17, 15) is 4.79 Å². The highest BCUT2D eigenvalue weighted by Gasteiger charge is 2.44. The van der Waals surface area contributed by atoms with Crippen LogP contribution in [-0.2, 0) is 19.3 Å². The SMILES string of the molecule is C[C@@]12C=CC(=O)C[C@@H]1O[C@H](CCCCl)OO2. The molecule has 90 valence electrons. The second-order valence-electron chi connectivity index (χ2n) is 4.25. The number of ketones is 1. The highest BCUT2D eigenvalue weighted by Crippen LogP contribution is 2.33. The first-order chi connectivity index (χ1) is 7.64. The summed E-state index contributed by atoms with van der Waals surface area (Å²) in [7, 11) is 0. The van der Waals surface area contributed by atoms with E-state index in [1.807, 2.05) is 6.92 Å². The molecule has 1 aliphatic heterocycles. The number of halogens is 1. The van der Waals surface area contributed by atoms with E-state index >= 15 is 0 Å². The molecule has 1 aliphatic carbocycles. The zero-order valence-electron chi connectivity index (χ0n) is 9.15. The zero-order valence-corrected chi connectivity index (χ0v) is 9.90. The minimum Gasteiger partial charge on any atom is -0.342 e. The Morgan fingerprint density at radius 2 is 2.44 bits per heavy atom. The van der Waals surface area contributed by atoms with E-state index < -0.39 is 11.9 Å². The van der Waals surface area contributed by atoms with Crippen molar-refractivity contribution in [3.05, 3.63) is 12.2 Å². The molecule has 0 N–H and O–H groups in total. The Morgan fingerprint density at radius 3 is 3.19 bits per heavy atom. The third-order valence-corrected chi connectivity index (χ3v) is 3.12. The first kappa shape index (κ1) is 12.0. The molecular formula is C11H15ClO4. The van der Waals surface area contributed by atoms with Crippen molar-refractivity contribution in [3.63, 3.8) is 0 Å². The van der Waals surface area contributed by atoms with Gasteiger partial charge in [0, 0.05) is 18.7 Å². The first-order valence-corrected chi connectivity index (χ1v) is 5.95. The molecule has 1 fully saturated rings. The fourth-order valence-electron chi connectivity index (χ4n) is 1.81. The van der Waals surface area contributed by atoms with Crippen LogP contribution < -0.4 is 0 Å². The van der Waals surface area contributed by atoms with Gasteiger partial charge in [0.1, 0.15) is 11.7 Å². The van der Waals surface area contributed by atoms with Gasteiger partial charge in [0.25, 0.3) is 0 Å². The zero-order chi connectivity index (χ0) is 11.6. The number of fused-ring (bicyclic) bond motifs is 1. The molecule has 3 atom stereocenters. The van der Waals surface area contributed by atoms with Gasteiger partial charge in [-0.25, -0.2) is 9.78 Å². The van der Waals surface area contributed by atoms with Crippen LogP contribution in [0.15, 0.2) is 12.2 Å². The number of carbonyl (C=O) groups excluding carboxylic acids is 1. The molecule has 5 heteroatoms. The van der Waals surface area contributed by atoms with Gasteiger partial charge >= 0.3 is 0 Å². The van der Waals surface area contributed by atoms with Gasteiger partial charge in [-0.1, -0.05) is 0 Å². The number of hydrogen-bond acceptors (Lipinski definition) is 4. The molecule has 0 aromatic heterocycles. The molecule has 0 saturated carbocycles. The monoisotopic (exact) mass is 246 g/mol. The quantitative estimate of drug-likeness (QED) is 0.564. The van der Waals surface area contributed by atoms with E-state index in [0.29, 0.717) is 18.7 Å². The average Bonchev–Trinajstić information content (AvgIpc) is 2.27. The second kappa shape index (κ2) is 4.84. The predicted molar refractivity (Wildman–Crippen MR) is 58.0 cm³/mol. The molecule has 0 aromatic rings. The van der Waals surface area contributed by atoms with Crippen LogP contribution >= 0.6 is 11.6 Å². The van der Waals surface area contributed by atoms with E-state index in [0.717, 1.165) is 6.42 Å². The lowest BCUT2D eigenvalue weighted by Crippen LogP contribution is -2.52. The van der Waals surface area contributed by atoms with Crippen LogP contribution in [-0.4, -0.2) is 29.7 Å². The number of rotatable bonds is 3. The number of carbonyl (C=O) groups is 1. The number of allylic oxidation sites excluding steroid dienone is 1. The fraction of sp³-hybridized carbons (Fsp3) is 0.727. The molecule has 0 aromatic carbocycles. The predicted octanol–water partition coefficient (Wildman–Crippen LogP) is 1.97. The summed E-state index contributed by atoms with van der Waals surface area (Å²) in [4.78, 5) is 21.8. The average molecular weight is 247 g/mol. The topological polar surface area (TPSA) is 44.8 Å². The third-order valence-electron chi connectivity index (χ3n) is 2.85. The summed E-state index contributed by atoms with van der Waals surface area (Å²) >= 11 is 5.59. The molecule has 0 radical (unpaired) electrons. The molecule has 16 heavy (non-hydrogen) atoms. The molecule has 1 saturated heterocycles. The number of hydrogen-bond donors (Lipinski definition) is 0. The maximum absolute atomic E-state index is 11.3. The summed E-state index contributed by atoms with van der Waals surface area (Å²) in [6, 6.07) is 0. The third kappa shape index (κ3) is 2.46. The largest absolute Gasteiger partial charge is 0.342 e. The molecule has 2 aliphatic rings. The molecule has 0 amide bonds. The van der Waals surface area contributed by atoms with Crippen molar-refractivity contribution in [2.24, 2.45) is 0 Å². The fourth-order valence-corrected chi connectivity index (χ4v) is 1.96. The highest BCUT2D eigenvalue weighted by molar-refractivity contribution is 6.17. The van der Waals surface area contributed by atoms with E-state index in [1.54, 1.807) is 6.08 Å². The van der Waals surface area contributed by atoms with Gasteiger partial charge in [0.2, 0.25) is 0 Å². The van der Waals surface area contributed by atoms with Gasteiger partial charge in [0.05, 0.1) is 0 Å². The van der Waals surface area contributed by atoms with Gasteiger partial charge < -0.3 is 4.74 Å². The van der Waals surface area contributed by atoms with Crippen molar-refractivity contribution in [1.29, 1.82) is 0 Å². The number of ether oxygens (including phenoxy) is 1. The Morgan fingerprint density at radius 1 is 1.62 bits per heavy atom. The van der Waals surface area contributed by atoms with E-state index in [-0.39, 0.29) is 11.9 Å². The van der Waals surface area contributed by atoms with Crippen LogP contribution in [0.4, 0.5) is 0 Å². The van der Waals surface area contributed by atoms with Crippen molar-refractivity contribution in [1.82, 2.24) is 0 Å². The van der Waals surface area contributed by atoms with Gasteiger partial charge in [-0.2, -0.15) is 0 Å². The second-order valence-corrected chi connectivity index (χ2v) is 4.63. The maximum atomic E-state index is 11.3. The highest BCUT2D eigenvalue weighted by atomic mass is 35.5. The summed E-state index contributed by atoms with van der Waals surface area (Å²) in [5.41, 5.74) is -0.647. The van der Waals surface area contributed by atoms with Crippen LogP contribution in [0.2, 0.25) is 0 Å². The number of alkyl halides is 1. The van der Waals surface area contributed by atoms with E-state index in [1.165, 1.54) is 6.08 Å². The van der Waals surface area contributed by atoms with Gasteiger partial charge in [-0.3, -0.25) is 4.79 Å². The van der Waals surface area contributed by atoms with E-state index in [2.05, 4.69) is 0 Å². The van der Waals surface area contributed by atoms with Gasteiger partial charge in [0.15, 0.2) is 12.1 Å². The van der Waals surface area contributed by atoms with Gasteiger partial charge in [-0.05, 0) is 25.5 Å². The Labute approximate surface area is 99.4 Å². The Balaban J connectivity index is 1.98. The maximum Gasteiger partial charge on any atom is 0.191 e. The summed E-state index contributed by atoms with van der Waals surface area (Å²) in [6.07, 6.45) is 4.34. The Kier molecular flexibility index (Phi) is 3.64. The Hall–Kier alpha value is -0.420. The molecule has 0 spiro atoms. The van der Waals surface area contributed by atoms with Crippen LogP contribution in [0.25, 0.3) is 0 Å². The van der Waals surface area contributed by atoms with E-state index in [4.69, 9.17) is 26.1 Å². The van der Waals surface area contributed by atoms with Crippen LogP contribution in [0.1, 0.15) is 26.2 Å². The van der Waals surface area contributed by atoms with Crippen LogP contribution in [0.5, 0.6) is 0 Å². The minimum absolute atomic E-state index is 0.0593. The summed E-state index contributed by atoms with van der Waals surface area (Å²) in [5.74, 6) is 0.619.